The Labute approximate surface area is 214 Å². The van der Waals surface area contributed by atoms with Gasteiger partial charge in [0.05, 0.1) is 5.54 Å². The molecule has 0 bridgehead atoms. The first kappa shape index (κ1) is 24.3. The number of nitrogens with one attached hydrogen (secondary N) is 1. The Morgan fingerprint density at radius 2 is 1.81 bits per heavy atom. The summed E-state index contributed by atoms with van der Waals surface area (Å²) in [6.07, 6.45) is 8.59. The number of amides is 1. The molecule has 2 unspecified atom stereocenters. The van der Waals surface area contributed by atoms with E-state index in [1.165, 1.54) is 11.1 Å². The van der Waals surface area contributed by atoms with Crippen LogP contribution in [0.2, 0.25) is 0 Å². The molecule has 2 aliphatic heterocycles. The number of ether oxygens (including phenoxy) is 1. The number of aliphatic imine (C=N–C) groups is 1. The molecule has 0 aromatic heterocycles. The number of carbonyl (C=O) groups is 1. The molecule has 2 aromatic rings. The van der Waals surface area contributed by atoms with Crippen molar-refractivity contribution >= 4 is 18.1 Å². The van der Waals surface area contributed by atoms with Crippen molar-refractivity contribution in [3.8, 4) is 0 Å². The van der Waals surface area contributed by atoms with Gasteiger partial charge in [-0.3, -0.25) is 4.99 Å². The molecule has 36 heavy (non-hydrogen) atoms. The van der Waals surface area contributed by atoms with Crippen molar-refractivity contribution in [2.75, 3.05) is 0 Å². The highest BCUT2D eigenvalue weighted by molar-refractivity contribution is 6.05. The SMILES string of the molecule is CCCC1=CC=NN2C1=NC(c1ccc(C3(NC(=O)OC(C)(C)C)CCC3)cc1)C2c1ccccc1. The lowest BCUT2D eigenvalue weighted by Gasteiger charge is -2.43. The molecule has 2 aromatic carbocycles. The van der Waals surface area contributed by atoms with Crippen molar-refractivity contribution in [3.05, 3.63) is 82.9 Å². The summed E-state index contributed by atoms with van der Waals surface area (Å²) in [5.74, 6) is 0.976. The van der Waals surface area contributed by atoms with E-state index < -0.39 is 5.60 Å². The zero-order chi connectivity index (χ0) is 25.3. The normalized spacial score (nSPS) is 22.3. The Balaban J connectivity index is 1.44. The molecule has 6 heteroatoms. The van der Waals surface area contributed by atoms with Crippen LogP contribution in [0.25, 0.3) is 0 Å². The Morgan fingerprint density at radius 1 is 1.08 bits per heavy atom. The van der Waals surface area contributed by atoms with E-state index in [0.29, 0.717) is 0 Å². The van der Waals surface area contributed by atoms with E-state index >= 15 is 0 Å². The summed E-state index contributed by atoms with van der Waals surface area (Å²) in [5, 5.41) is 10.00. The van der Waals surface area contributed by atoms with Crippen LogP contribution in [0, 0.1) is 0 Å². The Morgan fingerprint density at radius 3 is 2.42 bits per heavy atom. The van der Waals surface area contributed by atoms with Crippen LogP contribution in [0.1, 0.15) is 88.6 Å². The standard InChI is InChI=1S/C30H36N4O2/c1-5-10-23-17-20-31-34-26(22-11-7-6-8-12-22)25(32-27(23)34)21-13-15-24(16-14-21)30(18-9-19-30)33-28(35)36-29(2,3)4/h6-8,11-17,20,25-26H,5,9-10,18-19H2,1-4H3,(H,33,35). The number of nitrogens with zero attached hydrogens (tertiary/aromatic N) is 3. The summed E-state index contributed by atoms with van der Waals surface area (Å²) in [6.45, 7) is 7.86. The maximum Gasteiger partial charge on any atom is 0.408 e. The topological polar surface area (TPSA) is 66.3 Å². The molecule has 3 aliphatic rings. The number of fused-ring (bicyclic) bond motifs is 1. The van der Waals surface area contributed by atoms with Gasteiger partial charge in [-0.05, 0) is 74.8 Å². The summed E-state index contributed by atoms with van der Waals surface area (Å²) in [5.41, 5.74) is 3.82. The van der Waals surface area contributed by atoms with Crippen LogP contribution >= 0.6 is 0 Å². The Kier molecular flexibility index (Phi) is 6.45. The molecule has 188 valence electrons. The lowest BCUT2D eigenvalue weighted by Crippen LogP contribution is -2.52. The highest BCUT2D eigenvalue weighted by atomic mass is 16.6. The van der Waals surface area contributed by atoms with E-state index in [9.17, 15) is 4.79 Å². The third-order valence-corrected chi connectivity index (χ3v) is 7.21. The molecule has 0 saturated heterocycles. The number of allylic oxidation sites excluding steroid dienone is 1. The van der Waals surface area contributed by atoms with Crippen LogP contribution in [0.3, 0.4) is 0 Å². The molecule has 2 atom stereocenters. The van der Waals surface area contributed by atoms with Crippen molar-refractivity contribution in [1.29, 1.82) is 0 Å². The van der Waals surface area contributed by atoms with Crippen molar-refractivity contribution in [2.24, 2.45) is 10.1 Å². The fourth-order valence-corrected chi connectivity index (χ4v) is 5.36. The van der Waals surface area contributed by atoms with Crippen molar-refractivity contribution in [3.63, 3.8) is 0 Å². The van der Waals surface area contributed by atoms with E-state index in [1.54, 1.807) is 0 Å². The summed E-state index contributed by atoms with van der Waals surface area (Å²) >= 11 is 0. The summed E-state index contributed by atoms with van der Waals surface area (Å²) in [7, 11) is 0. The average Bonchev–Trinajstić information content (AvgIpc) is 3.22. The van der Waals surface area contributed by atoms with Gasteiger partial charge in [-0.25, -0.2) is 9.80 Å². The number of benzene rings is 2. The van der Waals surface area contributed by atoms with Gasteiger partial charge in [-0.1, -0.05) is 67.9 Å². The highest BCUT2D eigenvalue weighted by Crippen LogP contribution is 2.46. The fourth-order valence-electron chi connectivity index (χ4n) is 5.36. The van der Waals surface area contributed by atoms with Crippen molar-refractivity contribution in [2.45, 2.75) is 83.0 Å². The molecule has 1 aliphatic carbocycles. The number of alkyl carbamates (subject to hydrolysis) is 1. The second-order valence-electron chi connectivity index (χ2n) is 11.0. The first-order valence-electron chi connectivity index (χ1n) is 13.1. The largest absolute Gasteiger partial charge is 0.444 e. The van der Waals surface area contributed by atoms with Crippen LogP contribution < -0.4 is 5.32 Å². The molecule has 0 spiro atoms. The smallest absolute Gasteiger partial charge is 0.408 e. The first-order chi connectivity index (χ1) is 17.3. The monoisotopic (exact) mass is 484 g/mol. The van der Waals surface area contributed by atoms with Gasteiger partial charge < -0.3 is 10.1 Å². The predicted molar refractivity (Wildman–Crippen MR) is 144 cm³/mol. The minimum atomic E-state index is -0.521. The summed E-state index contributed by atoms with van der Waals surface area (Å²) < 4.78 is 5.55. The predicted octanol–water partition coefficient (Wildman–Crippen LogP) is 6.81. The molecule has 0 radical (unpaired) electrons. The Bertz CT molecular complexity index is 1190. The zero-order valence-corrected chi connectivity index (χ0v) is 21.7. The van der Waals surface area contributed by atoms with Crippen LogP contribution in [0.4, 0.5) is 4.79 Å². The third kappa shape index (κ3) is 4.69. The van der Waals surface area contributed by atoms with Gasteiger partial charge in [0.15, 0.2) is 0 Å². The van der Waals surface area contributed by atoms with Crippen molar-refractivity contribution < 1.29 is 9.53 Å². The van der Waals surface area contributed by atoms with Gasteiger partial charge >= 0.3 is 6.09 Å². The van der Waals surface area contributed by atoms with Gasteiger partial charge in [-0.2, -0.15) is 5.10 Å². The minimum absolute atomic E-state index is 0.00130. The Hall–Kier alpha value is -3.41. The number of hydrogen-bond acceptors (Lipinski definition) is 5. The lowest BCUT2D eigenvalue weighted by atomic mass is 9.71. The molecule has 1 amide bonds. The summed E-state index contributed by atoms with van der Waals surface area (Å²) in [4.78, 5) is 17.8. The van der Waals surface area contributed by atoms with E-state index in [1.807, 2.05) is 33.1 Å². The second kappa shape index (κ2) is 9.57. The molecule has 1 N–H and O–H groups in total. The van der Waals surface area contributed by atoms with E-state index in [4.69, 9.17) is 14.8 Å². The van der Waals surface area contributed by atoms with Crippen LogP contribution in [-0.4, -0.2) is 28.8 Å². The number of amidine groups is 1. The molecule has 2 heterocycles. The van der Waals surface area contributed by atoms with Crippen LogP contribution in [0.5, 0.6) is 0 Å². The molecule has 1 fully saturated rings. The molecular formula is C30H36N4O2. The van der Waals surface area contributed by atoms with Gasteiger partial charge in [0.1, 0.15) is 23.5 Å². The maximum atomic E-state index is 12.6. The second-order valence-corrected chi connectivity index (χ2v) is 11.0. The zero-order valence-electron chi connectivity index (χ0n) is 21.7. The van der Waals surface area contributed by atoms with E-state index in [0.717, 1.165) is 49.1 Å². The van der Waals surface area contributed by atoms with Crippen LogP contribution in [-0.2, 0) is 10.3 Å². The summed E-state index contributed by atoms with van der Waals surface area (Å²) in [6, 6.07) is 19.1. The lowest BCUT2D eigenvalue weighted by molar-refractivity contribution is 0.0377. The van der Waals surface area contributed by atoms with E-state index in [2.05, 4.69) is 71.9 Å². The number of rotatable bonds is 6. The molecule has 1 saturated carbocycles. The molecule has 5 rings (SSSR count). The van der Waals surface area contributed by atoms with Gasteiger partial charge in [-0.15, -0.1) is 0 Å². The van der Waals surface area contributed by atoms with Gasteiger partial charge in [0.25, 0.3) is 0 Å². The fraction of sp³-hybridized carbons (Fsp3) is 0.433. The quantitative estimate of drug-likeness (QED) is 0.490. The maximum absolute atomic E-state index is 12.6. The number of carbonyl (C=O) groups excluding carboxylic acids is 1. The number of hydrazone groups is 1. The van der Waals surface area contributed by atoms with Gasteiger partial charge in [0.2, 0.25) is 0 Å². The van der Waals surface area contributed by atoms with Crippen LogP contribution in [0.15, 0.2) is 76.3 Å². The number of hydrogen-bond donors (Lipinski definition) is 1. The highest BCUT2D eigenvalue weighted by Gasteiger charge is 2.43. The first-order valence-corrected chi connectivity index (χ1v) is 13.1. The minimum Gasteiger partial charge on any atom is -0.444 e. The van der Waals surface area contributed by atoms with Gasteiger partial charge in [0, 0.05) is 6.21 Å². The third-order valence-electron chi connectivity index (χ3n) is 7.21. The molecular weight excluding hydrogens is 448 g/mol. The van der Waals surface area contributed by atoms with Crippen molar-refractivity contribution in [1.82, 2.24) is 10.3 Å². The molecule has 6 nitrogen and oxygen atoms in total. The average molecular weight is 485 g/mol. The van der Waals surface area contributed by atoms with E-state index in [-0.39, 0.29) is 23.7 Å².